The topological polar surface area (TPSA) is 21.3 Å². The van der Waals surface area contributed by atoms with Crippen LogP contribution in [0.15, 0.2) is 18.2 Å². The van der Waals surface area contributed by atoms with Crippen LogP contribution >= 0.6 is 0 Å². The number of benzene rings is 1. The second kappa shape index (κ2) is 7.16. The second-order valence-corrected chi connectivity index (χ2v) is 5.42. The normalized spacial score (nSPS) is 10.8. The van der Waals surface area contributed by atoms with Crippen LogP contribution in [0.1, 0.15) is 39.7 Å². The maximum absolute atomic E-state index is 13.5. The molecule has 0 aromatic heterocycles. The molecule has 0 unspecified atom stereocenters. The summed E-state index contributed by atoms with van der Waals surface area (Å²) in [6.07, 6.45) is 0.655. The molecule has 0 radical (unpaired) electrons. The monoisotopic (exact) mass is 263 g/mol. The Morgan fingerprint density at radius 3 is 2.63 bits per heavy atom. The number of hydrogen-bond acceptors (Lipinski definition) is 2. The summed E-state index contributed by atoms with van der Waals surface area (Å²) in [4.78, 5) is 0. The summed E-state index contributed by atoms with van der Waals surface area (Å²) in [5.74, 6) is 6.00. The van der Waals surface area contributed by atoms with Crippen LogP contribution in [-0.4, -0.2) is 12.1 Å². The van der Waals surface area contributed by atoms with E-state index in [1.807, 2.05) is 6.07 Å². The van der Waals surface area contributed by atoms with Crippen molar-refractivity contribution < 1.29 is 9.13 Å². The van der Waals surface area contributed by atoms with Crippen molar-refractivity contribution in [3.63, 3.8) is 0 Å². The fraction of sp³-hybridized carbons (Fsp3) is 0.500. The SMILES string of the molecule is CC#CCCOc1cc(F)cc(CNC(C)(C)C)c1. The lowest BCUT2D eigenvalue weighted by Gasteiger charge is -2.20. The molecule has 0 fully saturated rings. The van der Waals surface area contributed by atoms with Crippen LogP contribution in [0, 0.1) is 17.7 Å². The van der Waals surface area contributed by atoms with Crippen molar-refractivity contribution >= 4 is 0 Å². The van der Waals surface area contributed by atoms with Gasteiger partial charge in [0.15, 0.2) is 0 Å². The van der Waals surface area contributed by atoms with Crippen LogP contribution in [-0.2, 0) is 6.54 Å². The molecular formula is C16H22FNO. The van der Waals surface area contributed by atoms with Crippen LogP contribution < -0.4 is 10.1 Å². The van der Waals surface area contributed by atoms with E-state index < -0.39 is 0 Å². The highest BCUT2D eigenvalue weighted by molar-refractivity contribution is 5.29. The Balaban J connectivity index is 2.62. The van der Waals surface area contributed by atoms with Gasteiger partial charge in [-0.1, -0.05) is 0 Å². The van der Waals surface area contributed by atoms with E-state index in [4.69, 9.17) is 4.74 Å². The quantitative estimate of drug-likeness (QED) is 0.648. The van der Waals surface area contributed by atoms with Crippen LogP contribution in [0.4, 0.5) is 4.39 Å². The first-order chi connectivity index (χ1) is 8.90. The highest BCUT2D eigenvalue weighted by Gasteiger charge is 2.09. The lowest BCUT2D eigenvalue weighted by atomic mass is 10.1. The molecule has 1 N–H and O–H groups in total. The third kappa shape index (κ3) is 6.83. The zero-order chi connectivity index (χ0) is 14.3. The molecule has 0 saturated carbocycles. The van der Waals surface area contributed by atoms with E-state index in [0.717, 1.165) is 5.56 Å². The molecule has 0 saturated heterocycles. The Kier molecular flexibility index (Phi) is 5.85. The van der Waals surface area contributed by atoms with E-state index in [1.165, 1.54) is 12.1 Å². The van der Waals surface area contributed by atoms with Gasteiger partial charge in [0.05, 0.1) is 6.61 Å². The molecule has 104 valence electrons. The van der Waals surface area contributed by atoms with Crippen molar-refractivity contribution in [1.29, 1.82) is 0 Å². The van der Waals surface area contributed by atoms with Gasteiger partial charge in [0.1, 0.15) is 11.6 Å². The highest BCUT2D eigenvalue weighted by Crippen LogP contribution is 2.17. The zero-order valence-corrected chi connectivity index (χ0v) is 12.1. The van der Waals surface area contributed by atoms with Crippen LogP contribution in [0.3, 0.4) is 0 Å². The molecule has 1 aromatic rings. The minimum Gasteiger partial charge on any atom is -0.492 e. The van der Waals surface area contributed by atoms with E-state index in [2.05, 4.69) is 37.9 Å². The maximum Gasteiger partial charge on any atom is 0.127 e. The predicted molar refractivity (Wildman–Crippen MR) is 76.6 cm³/mol. The Morgan fingerprint density at radius 1 is 1.26 bits per heavy atom. The zero-order valence-electron chi connectivity index (χ0n) is 12.1. The molecule has 0 amide bonds. The Labute approximate surface area is 115 Å². The van der Waals surface area contributed by atoms with Crippen molar-refractivity contribution in [3.8, 4) is 17.6 Å². The summed E-state index contributed by atoms with van der Waals surface area (Å²) in [5, 5.41) is 3.32. The third-order valence-electron chi connectivity index (χ3n) is 2.43. The Morgan fingerprint density at radius 2 is 2.00 bits per heavy atom. The van der Waals surface area contributed by atoms with Crippen LogP contribution in [0.5, 0.6) is 5.75 Å². The van der Waals surface area contributed by atoms with Gasteiger partial charge in [-0.2, -0.15) is 0 Å². The smallest absolute Gasteiger partial charge is 0.127 e. The molecule has 0 aliphatic carbocycles. The minimum atomic E-state index is -0.273. The van der Waals surface area contributed by atoms with Crippen molar-refractivity contribution in [3.05, 3.63) is 29.6 Å². The molecule has 0 spiro atoms. The average molecular weight is 263 g/mol. The lowest BCUT2D eigenvalue weighted by Crippen LogP contribution is -2.35. The molecule has 0 aliphatic rings. The van der Waals surface area contributed by atoms with Crippen molar-refractivity contribution in [2.24, 2.45) is 0 Å². The standard InChI is InChI=1S/C16H22FNO/c1-5-6-7-8-19-15-10-13(9-14(17)11-15)12-18-16(2,3)4/h9-11,18H,7-8,12H2,1-4H3. The molecule has 0 heterocycles. The van der Waals surface area contributed by atoms with Gasteiger partial charge in [-0.15, -0.1) is 11.8 Å². The van der Waals surface area contributed by atoms with E-state index in [-0.39, 0.29) is 11.4 Å². The number of ether oxygens (including phenoxy) is 1. The fourth-order valence-electron chi connectivity index (χ4n) is 1.52. The summed E-state index contributed by atoms with van der Waals surface area (Å²) in [6, 6.07) is 4.79. The molecule has 0 bridgehead atoms. The summed E-state index contributed by atoms with van der Waals surface area (Å²) >= 11 is 0. The highest BCUT2D eigenvalue weighted by atomic mass is 19.1. The first kappa shape index (κ1) is 15.5. The lowest BCUT2D eigenvalue weighted by molar-refractivity contribution is 0.324. The van der Waals surface area contributed by atoms with Gasteiger partial charge in [-0.25, -0.2) is 4.39 Å². The third-order valence-corrected chi connectivity index (χ3v) is 2.43. The molecular weight excluding hydrogens is 241 g/mol. The summed E-state index contributed by atoms with van der Waals surface area (Å²) in [5.41, 5.74) is 0.885. The van der Waals surface area contributed by atoms with E-state index in [0.29, 0.717) is 25.3 Å². The Bertz CT molecular complexity index is 466. The molecule has 19 heavy (non-hydrogen) atoms. The molecule has 2 nitrogen and oxygen atoms in total. The van der Waals surface area contributed by atoms with Gasteiger partial charge < -0.3 is 10.1 Å². The number of halogens is 1. The first-order valence-electron chi connectivity index (χ1n) is 6.47. The van der Waals surface area contributed by atoms with E-state index >= 15 is 0 Å². The fourth-order valence-corrected chi connectivity index (χ4v) is 1.52. The van der Waals surface area contributed by atoms with Gasteiger partial charge in [0.25, 0.3) is 0 Å². The average Bonchev–Trinajstić information content (AvgIpc) is 2.31. The molecule has 1 aromatic carbocycles. The molecule has 1 rings (SSSR count). The predicted octanol–water partition coefficient (Wildman–Crippen LogP) is 3.51. The largest absolute Gasteiger partial charge is 0.492 e. The van der Waals surface area contributed by atoms with Crippen LogP contribution in [0.2, 0.25) is 0 Å². The second-order valence-electron chi connectivity index (χ2n) is 5.42. The van der Waals surface area contributed by atoms with E-state index in [1.54, 1.807) is 6.92 Å². The minimum absolute atomic E-state index is 0.00402. The number of nitrogens with one attached hydrogen (secondary N) is 1. The molecule has 0 aliphatic heterocycles. The summed E-state index contributed by atoms with van der Waals surface area (Å²) < 4.78 is 19.0. The molecule has 0 atom stereocenters. The van der Waals surface area contributed by atoms with E-state index in [9.17, 15) is 4.39 Å². The van der Waals surface area contributed by atoms with Crippen molar-refractivity contribution in [2.45, 2.75) is 46.2 Å². The summed E-state index contributed by atoms with van der Waals surface area (Å²) in [6.45, 7) is 9.12. The number of hydrogen-bond donors (Lipinski definition) is 1. The van der Waals surface area contributed by atoms with Crippen molar-refractivity contribution in [2.75, 3.05) is 6.61 Å². The van der Waals surface area contributed by atoms with Gasteiger partial charge in [0.2, 0.25) is 0 Å². The van der Waals surface area contributed by atoms with Crippen molar-refractivity contribution in [1.82, 2.24) is 5.32 Å². The molecule has 3 heteroatoms. The maximum atomic E-state index is 13.5. The summed E-state index contributed by atoms with van der Waals surface area (Å²) in [7, 11) is 0. The van der Waals surface area contributed by atoms with Crippen LogP contribution in [0.25, 0.3) is 0 Å². The number of rotatable bonds is 5. The van der Waals surface area contributed by atoms with Gasteiger partial charge in [-0.3, -0.25) is 0 Å². The van der Waals surface area contributed by atoms with Gasteiger partial charge in [0, 0.05) is 24.6 Å². The van der Waals surface area contributed by atoms with Gasteiger partial charge in [-0.05, 0) is 45.4 Å². The first-order valence-corrected chi connectivity index (χ1v) is 6.47. The Hall–Kier alpha value is -1.53. The van der Waals surface area contributed by atoms with Gasteiger partial charge >= 0.3 is 0 Å².